The number of carbonyl (C=O) groups excluding carboxylic acids is 2. The summed E-state index contributed by atoms with van der Waals surface area (Å²) in [4.78, 5) is 27.6. The Morgan fingerprint density at radius 1 is 1.00 bits per heavy atom. The molecule has 1 amide bonds. The van der Waals surface area contributed by atoms with Crippen LogP contribution in [0.15, 0.2) is 72.8 Å². The maximum absolute atomic E-state index is 13.1. The van der Waals surface area contributed by atoms with Crippen LogP contribution >= 0.6 is 0 Å². The smallest absolute Gasteiger partial charge is 0.366 e. The fourth-order valence-electron chi connectivity index (χ4n) is 3.14. The number of amides is 1. The zero-order valence-corrected chi connectivity index (χ0v) is 15.5. The molecule has 6 nitrogen and oxygen atoms in total. The Morgan fingerprint density at radius 3 is 2.52 bits per heavy atom. The standard InChI is InChI=1S/C23H18N2O4/c26-21-14-29-20-11-10-16(12-19(20)25-21)22(27)17-8-4-5-9-18(17)23(28)24-13-15-6-2-1-3-7-15/h1-12H,13-14H2,(H,24,28)(H,25,26)/p+1. The van der Waals surface area contributed by atoms with Crippen molar-refractivity contribution in [3.8, 4) is 5.75 Å². The molecule has 0 saturated heterocycles. The van der Waals surface area contributed by atoms with E-state index < -0.39 is 0 Å². The molecule has 29 heavy (non-hydrogen) atoms. The van der Waals surface area contributed by atoms with Crippen molar-refractivity contribution in [3.63, 3.8) is 0 Å². The summed E-state index contributed by atoms with van der Waals surface area (Å²) in [6.07, 6.45) is 0. The third kappa shape index (κ3) is 4.01. The Balaban J connectivity index is 1.63. The minimum absolute atomic E-state index is 0.0426. The van der Waals surface area contributed by atoms with Crippen molar-refractivity contribution in [1.29, 1.82) is 0 Å². The van der Waals surface area contributed by atoms with Crippen molar-refractivity contribution in [2.75, 3.05) is 11.9 Å². The highest BCUT2D eigenvalue weighted by atomic mass is 16.5. The number of ketones is 1. The maximum Gasteiger partial charge on any atom is 0.366 e. The number of nitrogens with one attached hydrogen (secondary N) is 2. The molecule has 0 atom stereocenters. The predicted octanol–water partition coefficient (Wildman–Crippen LogP) is 1.83. The third-order valence-corrected chi connectivity index (χ3v) is 4.60. The predicted molar refractivity (Wildman–Crippen MR) is 108 cm³/mol. The van der Waals surface area contributed by atoms with Gasteiger partial charge in [0.1, 0.15) is 5.75 Å². The second kappa shape index (κ2) is 7.98. The number of hydrogen-bond acceptors (Lipinski definition) is 3. The Bertz CT molecular complexity index is 1110. The number of ether oxygens (including phenoxy) is 1. The summed E-state index contributed by atoms with van der Waals surface area (Å²) in [5.74, 6) is -0.0874. The first kappa shape index (κ1) is 18.4. The number of benzene rings is 3. The molecule has 0 saturated carbocycles. The molecule has 1 aliphatic rings. The van der Waals surface area contributed by atoms with Crippen LogP contribution in [-0.4, -0.2) is 29.3 Å². The monoisotopic (exact) mass is 387 g/mol. The molecule has 3 aromatic carbocycles. The van der Waals surface area contributed by atoms with Crippen molar-refractivity contribution in [2.24, 2.45) is 0 Å². The van der Waals surface area contributed by atoms with Gasteiger partial charge in [-0.15, -0.1) is 0 Å². The van der Waals surface area contributed by atoms with Crippen molar-refractivity contribution < 1.29 is 24.4 Å². The number of aliphatic hydroxyl groups excluding tert-OH is 1. The largest absolute Gasteiger partial charge is 0.482 e. The zero-order valence-electron chi connectivity index (χ0n) is 15.5. The van der Waals surface area contributed by atoms with Crippen LogP contribution in [0.4, 0.5) is 5.69 Å². The summed E-state index contributed by atoms with van der Waals surface area (Å²) in [6.45, 7) is 0.385. The summed E-state index contributed by atoms with van der Waals surface area (Å²) in [5, 5.41) is 13.3. The van der Waals surface area contributed by atoms with Crippen molar-refractivity contribution in [3.05, 3.63) is 95.1 Å². The second-order valence-electron chi connectivity index (χ2n) is 6.61. The van der Waals surface area contributed by atoms with Crippen LogP contribution in [-0.2, 0) is 11.3 Å². The molecular weight excluding hydrogens is 368 g/mol. The fraction of sp³-hybridized carbons (Fsp3) is 0.0870. The number of anilines is 1. The molecule has 1 heterocycles. The normalized spacial score (nSPS) is 13.2. The molecule has 0 fully saturated rings. The number of rotatable bonds is 5. The lowest BCUT2D eigenvalue weighted by Gasteiger charge is -2.18. The summed E-state index contributed by atoms with van der Waals surface area (Å²) in [6, 6.07) is 21.4. The number of hydrogen-bond donors (Lipinski definition) is 3. The molecule has 0 unspecified atom stereocenters. The van der Waals surface area contributed by atoms with Gasteiger partial charge < -0.3 is 15.2 Å². The third-order valence-electron chi connectivity index (χ3n) is 4.60. The molecule has 3 aromatic rings. The summed E-state index contributed by atoms with van der Waals surface area (Å²) >= 11 is 0. The average Bonchev–Trinajstić information content (AvgIpc) is 2.77. The van der Waals surface area contributed by atoms with Gasteiger partial charge in [0, 0.05) is 16.7 Å². The Hall–Kier alpha value is -3.93. The molecule has 144 valence electrons. The van der Waals surface area contributed by atoms with E-state index in [4.69, 9.17) is 4.74 Å². The second-order valence-corrected chi connectivity index (χ2v) is 6.61. The SMILES string of the molecule is O=C1COc2ccc(C(=O)c3ccccc3C(O)=[NH+]Cc3ccccc3)cc2N1. The topological polar surface area (TPSA) is 89.6 Å². The minimum atomic E-state index is -0.267. The Kier molecular flexibility index (Phi) is 5.07. The van der Waals surface area contributed by atoms with Gasteiger partial charge in [-0.25, -0.2) is 4.99 Å². The van der Waals surface area contributed by atoms with Gasteiger partial charge in [0.25, 0.3) is 5.91 Å². The number of carbonyl (C=O) groups is 2. The summed E-state index contributed by atoms with van der Waals surface area (Å²) in [5.41, 5.74) is 2.62. The van der Waals surface area contributed by atoms with Gasteiger partial charge in [0.15, 0.2) is 18.9 Å². The molecule has 6 heteroatoms. The van der Waals surface area contributed by atoms with Gasteiger partial charge in [0.05, 0.1) is 11.3 Å². The lowest BCUT2D eigenvalue weighted by atomic mass is 9.97. The van der Waals surface area contributed by atoms with E-state index in [1.165, 1.54) is 0 Å². The molecule has 1 aliphatic heterocycles. The van der Waals surface area contributed by atoms with Gasteiger partial charge in [0.2, 0.25) is 0 Å². The maximum atomic E-state index is 13.1. The highest BCUT2D eigenvalue weighted by molar-refractivity contribution is 6.15. The van der Waals surface area contributed by atoms with E-state index in [0.717, 1.165) is 5.56 Å². The van der Waals surface area contributed by atoms with Gasteiger partial charge in [-0.3, -0.25) is 9.59 Å². The highest BCUT2D eigenvalue weighted by Gasteiger charge is 2.22. The molecule has 0 aliphatic carbocycles. The van der Waals surface area contributed by atoms with E-state index in [-0.39, 0.29) is 24.2 Å². The van der Waals surface area contributed by atoms with E-state index in [0.29, 0.717) is 34.7 Å². The van der Waals surface area contributed by atoms with Crippen LogP contribution in [0, 0.1) is 0 Å². The lowest BCUT2D eigenvalue weighted by Crippen LogP contribution is -2.71. The van der Waals surface area contributed by atoms with Gasteiger partial charge >= 0.3 is 5.90 Å². The summed E-state index contributed by atoms with van der Waals surface area (Å²) < 4.78 is 5.33. The van der Waals surface area contributed by atoms with E-state index in [1.807, 2.05) is 30.3 Å². The van der Waals surface area contributed by atoms with E-state index in [2.05, 4.69) is 10.3 Å². The van der Waals surface area contributed by atoms with Crippen LogP contribution < -0.4 is 15.0 Å². The Labute approximate surface area is 167 Å². The summed E-state index contributed by atoms with van der Waals surface area (Å²) in [7, 11) is 0. The Morgan fingerprint density at radius 2 is 1.72 bits per heavy atom. The van der Waals surface area contributed by atoms with Crippen LogP contribution in [0.3, 0.4) is 0 Å². The number of fused-ring (bicyclic) bond motifs is 1. The molecule has 0 radical (unpaired) electrons. The lowest BCUT2D eigenvalue weighted by molar-refractivity contribution is -0.483. The van der Waals surface area contributed by atoms with Gasteiger partial charge in [-0.05, 0) is 24.3 Å². The highest BCUT2D eigenvalue weighted by Crippen LogP contribution is 2.29. The molecule has 0 bridgehead atoms. The number of aliphatic hydroxyl groups is 1. The zero-order chi connectivity index (χ0) is 20.2. The van der Waals surface area contributed by atoms with Gasteiger partial charge in [-0.2, -0.15) is 0 Å². The van der Waals surface area contributed by atoms with E-state index in [9.17, 15) is 14.7 Å². The van der Waals surface area contributed by atoms with Gasteiger partial charge in [-0.1, -0.05) is 48.5 Å². The first-order valence-corrected chi connectivity index (χ1v) is 9.16. The minimum Gasteiger partial charge on any atom is -0.482 e. The quantitative estimate of drug-likeness (QED) is 0.354. The molecule has 3 N–H and O–H groups in total. The van der Waals surface area contributed by atoms with Crippen molar-refractivity contribution in [2.45, 2.75) is 6.54 Å². The molecule has 0 spiro atoms. The van der Waals surface area contributed by atoms with Crippen LogP contribution in [0.2, 0.25) is 0 Å². The van der Waals surface area contributed by atoms with E-state index in [1.54, 1.807) is 42.5 Å². The first-order chi connectivity index (χ1) is 14.1. The van der Waals surface area contributed by atoms with Crippen LogP contribution in [0.1, 0.15) is 27.0 Å². The van der Waals surface area contributed by atoms with Crippen molar-refractivity contribution in [1.82, 2.24) is 0 Å². The first-order valence-electron chi connectivity index (χ1n) is 9.16. The molecule has 0 aromatic heterocycles. The molecular formula is C23H19N2O4+. The van der Waals surface area contributed by atoms with Crippen LogP contribution in [0.5, 0.6) is 5.75 Å². The van der Waals surface area contributed by atoms with Crippen molar-refractivity contribution >= 4 is 23.3 Å². The van der Waals surface area contributed by atoms with E-state index >= 15 is 0 Å². The fourth-order valence-corrected chi connectivity index (χ4v) is 3.14. The average molecular weight is 387 g/mol. The van der Waals surface area contributed by atoms with Crippen LogP contribution in [0.25, 0.3) is 0 Å². The molecule has 4 rings (SSSR count).